The van der Waals surface area contributed by atoms with E-state index in [1.807, 2.05) is 13.1 Å². The molecule has 0 bridgehead atoms. The van der Waals surface area contributed by atoms with Crippen LogP contribution in [0.5, 0.6) is 0 Å². The summed E-state index contributed by atoms with van der Waals surface area (Å²) in [5.74, 6) is -0.303. The summed E-state index contributed by atoms with van der Waals surface area (Å²) in [6, 6.07) is 3.43. The topological polar surface area (TPSA) is 38.0 Å². The molecule has 0 saturated heterocycles. The molecule has 0 fully saturated rings. The van der Waals surface area contributed by atoms with E-state index in [1.54, 1.807) is 13.0 Å². The van der Waals surface area contributed by atoms with E-state index < -0.39 is 0 Å². The molecule has 0 heterocycles. The number of nitrogen functional groups attached to an aromatic ring is 1. The average molecular weight is 168 g/mol. The van der Waals surface area contributed by atoms with E-state index in [4.69, 9.17) is 5.73 Å². The van der Waals surface area contributed by atoms with Crippen LogP contribution >= 0.6 is 0 Å². The molecule has 0 aromatic heterocycles. The molecular formula is C9H13FN2. The molecular weight excluding hydrogens is 155 g/mol. The predicted molar refractivity (Wildman–Crippen MR) is 48.3 cm³/mol. The minimum absolute atomic E-state index is 0.215. The van der Waals surface area contributed by atoms with Gasteiger partial charge in [0.1, 0.15) is 5.82 Å². The number of nitrogens with one attached hydrogen (secondary N) is 1. The first-order chi connectivity index (χ1) is 5.66. The molecule has 12 heavy (non-hydrogen) atoms. The molecule has 0 saturated carbocycles. The Hall–Kier alpha value is -1.09. The summed E-state index contributed by atoms with van der Waals surface area (Å²) in [6.07, 6.45) is 0. The molecule has 1 rings (SSSR count). The molecule has 1 aromatic rings. The zero-order valence-electron chi connectivity index (χ0n) is 7.32. The number of halogens is 1. The van der Waals surface area contributed by atoms with Crippen molar-refractivity contribution < 1.29 is 4.39 Å². The molecule has 2 nitrogen and oxygen atoms in total. The third-order valence-electron chi connectivity index (χ3n) is 1.90. The number of hydrogen-bond acceptors (Lipinski definition) is 2. The van der Waals surface area contributed by atoms with Crippen LogP contribution in [0.25, 0.3) is 0 Å². The van der Waals surface area contributed by atoms with E-state index in [0.717, 1.165) is 5.56 Å². The van der Waals surface area contributed by atoms with Crippen molar-refractivity contribution in [3.63, 3.8) is 0 Å². The molecule has 3 N–H and O–H groups in total. The van der Waals surface area contributed by atoms with Gasteiger partial charge in [-0.15, -0.1) is 0 Å². The summed E-state index contributed by atoms with van der Waals surface area (Å²) in [6.45, 7) is 2.40. The van der Waals surface area contributed by atoms with Gasteiger partial charge in [-0.2, -0.15) is 0 Å². The van der Waals surface area contributed by atoms with Crippen LogP contribution in [0.2, 0.25) is 0 Å². The number of hydrogen-bond donors (Lipinski definition) is 2. The second-order valence-electron chi connectivity index (χ2n) is 2.78. The molecule has 66 valence electrons. The fraction of sp³-hybridized carbons (Fsp3) is 0.333. The van der Waals surface area contributed by atoms with Crippen molar-refractivity contribution in [3.05, 3.63) is 29.1 Å². The normalized spacial score (nSPS) is 10.2. The molecule has 0 aliphatic carbocycles. The van der Waals surface area contributed by atoms with Gasteiger partial charge in [0, 0.05) is 6.54 Å². The summed E-state index contributed by atoms with van der Waals surface area (Å²) in [7, 11) is 1.83. The highest BCUT2D eigenvalue weighted by Gasteiger charge is 2.05. The zero-order valence-corrected chi connectivity index (χ0v) is 7.32. The highest BCUT2D eigenvalue weighted by Crippen LogP contribution is 2.18. The Labute approximate surface area is 71.6 Å². The fourth-order valence-electron chi connectivity index (χ4n) is 1.13. The van der Waals surface area contributed by atoms with E-state index >= 15 is 0 Å². The van der Waals surface area contributed by atoms with Crippen LogP contribution in [0.1, 0.15) is 11.1 Å². The SMILES string of the molecule is CNCc1ccc(N)c(F)c1C. The predicted octanol–water partition coefficient (Wildman–Crippen LogP) is 1.44. The van der Waals surface area contributed by atoms with Crippen molar-refractivity contribution in [1.29, 1.82) is 0 Å². The van der Waals surface area contributed by atoms with Crippen molar-refractivity contribution in [3.8, 4) is 0 Å². The minimum Gasteiger partial charge on any atom is -0.396 e. The fourth-order valence-corrected chi connectivity index (χ4v) is 1.13. The summed E-state index contributed by atoms with van der Waals surface area (Å²) >= 11 is 0. The van der Waals surface area contributed by atoms with Crippen molar-refractivity contribution in [2.75, 3.05) is 12.8 Å². The Kier molecular flexibility index (Phi) is 2.65. The molecule has 3 heteroatoms. The summed E-state index contributed by atoms with van der Waals surface area (Å²) in [5, 5.41) is 2.96. The molecule has 0 aliphatic heterocycles. The van der Waals surface area contributed by atoms with Gasteiger partial charge in [0.2, 0.25) is 0 Å². The third kappa shape index (κ3) is 1.56. The standard InChI is InChI=1S/C9H13FN2/c1-6-7(5-12-2)3-4-8(11)9(6)10/h3-4,12H,5,11H2,1-2H3. The zero-order chi connectivity index (χ0) is 9.14. The number of anilines is 1. The van der Waals surface area contributed by atoms with Crippen molar-refractivity contribution in [2.45, 2.75) is 13.5 Å². The maximum absolute atomic E-state index is 13.2. The second-order valence-corrected chi connectivity index (χ2v) is 2.78. The highest BCUT2D eigenvalue weighted by atomic mass is 19.1. The van der Waals surface area contributed by atoms with Gasteiger partial charge in [0.25, 0.3) is 0 Å². The largest absolute Gasteiger partial charge is 0.396 e. The molecule has 0 aliphatic rings. The van der Waals surface area contributed by atoms with Crippen LogP contribution in [0.15, 0.2) is 12.1 Å². The maximum Gasteiger partial charge on any atom is 0.149 e. The van der Waals surface area contributed by atoms with Gasteiger partial charge >= 0.3 is 0 Å². The van der Waals surface area contributed by atoms with Crippen molar-refractivity contribution in [2.24, 2.45) is 0 Å². The Balaban J connectivity index is 3.08. The first-order valence-electron chi connectivity index (χ1n) is 3.85. The van der Waals surface area contributed by atoms with Crippen LogP contribution < -0.4 is 11.1 Å². The van der Waals surface area contributed by atoms with E-state index in [1.165, 1.54) is 0 Å². The first-order valence-corrected chi connectivity index (χ1v) is 3.85. The molecule has 0 radical (unpaired) electrons. The monoisotopic (exact) mass is 168 g/mol. The summed E-state index contributed by atoms with van der Waals surface area (Å²) in [4.78, 5) is 0. The lowest BCUT2D eigenvalue weighted by molar-refractivity contribution is 0.618. The highest BCUT2D eigenvalue weighted by molar-refractivity contribution is 5.46. The molecule has 0 unspecified atom stereocenters. The second kappa shape index (κ2) is 3.54. The van der Waals surface area contributed by atoms with Crippen molar-refractivity contribution in [1.82, 2.24) is 5.32 Å². The van der Waals surface area contributed by atoms with E-state index in [0.29, 0.717) is 12.1 Å². The molecule has 0 atom stereocenters. The third-order valence-corrected chi connectivity index (χ3v) is 1.90. The van der Waals surface area contributed by atoms with Gasteiger partial charge < -0.3 is 11.1 Å². The van der Waals surface area contributed by atoms with Gasteiger partial charge in [0.05, 0.1) is 5.69 Å². The first kappa shape index (κ1) is 9.00. The minimum atomic E-state index is -0.303. The quantitative estimate of drug-likeness (QED) is 0.656. The lowest BCUT2D eigenvalue weighted by Gasteiger charge is -2.07. The van der Waals surface area contributed by atoms with Gasteiger partial charge in [0.15, 0.2) is 0 Å². The number of benzene rings is 1. The number of nitrogens with two attached hydrogens (primary N) is 1. The van der Waals surface area contributed by atoms with Crippen LogP contribution in [-0.2, 0) is 6.54 Å². The van der Waals surface area contributed by atoms with E-state index in [9.17, 15) is 4.39 Å². The number of rotatable bonds is 2. The van der Waals surface area contributed by atoms with Gasteiger partial charge in [-0.3, -0.25) is 0 Å². The van der Waals surface area contributed by atoms with Crippen LogP contribution in [0, 0.1) is 12.7 Å². The smallest absolute Gasteiger partial charge is 0.149 e. The Morgan fingerprint density at radius 2 is 2.17 bits per heavy atom. The lowest BCUT2D eigenvalue weighted by Crippen LogP contribution is -2.08. The maximum atomic E-state index is 13.2. The Morgan fingerprint density at radius 1 is 1.50 bits per heavy atom. The summed E-state index contributed by atoms with van der Waals surface area (Å²) in [5.41, 5.74) is 7.18. The molecule has 0 amide bonds. The lowest BCUT2D eigenvalue weighted by atomic mass is 10.1. The van der Waals surface area contributed by atoms with E-state index in [2.05, 4.69) is 5.32 Å². The molecule has 1 aromatic carbocycles. The van der Waals surface area contributed by atoms with Crippen molar-refractivity contribution >= 4 is 5.69 Å². The van der Waals surface area contributed by atoms with E-state index in [-0.39, 0.29) is 11.5 Å². The van der Waals surface area contributed by atoms with Gasteiger partial charge in [-0.1, -0.05) is 6.07 Å². The Bertz CT molecular complexity index is 284. The van der Waals surface area contributed by atoms with Gasteiger partial charge in [-0.25, -0.2) is 4.39 Å². The Morgan fingerprint density at radius 3 is 2.75 bits per heavy atom. The molecule has 0 spiro atoms. The van der Waals surface area contributed by atoms with Gasteiger partial charge in [-0.05, 0) is 31.2 Å². The average Bonchev–Trinajstić information content (AvgIpc) is 2.07. The van der Waals surface area contributed by atoms with Crippen LogP contribution in [0.3, 0.4) is 0 Å². The van der Waals surface area contributed by atoms with Crippen LogP contribution in [-0.4, -0.2) is 7.05 Å². The summed E-state index contributed by atoms with van der Waals surface area (Å²) < 4.78 is 13.2. The van der Waals surface area contributed by atoms with Crippen LogP contribution in [0.4, 0.5) is 10.1 Å².